The van der Waals surface area contributed by atoms with Crippen LogP contribution in [0, 0.1) is 12.8 Å². The predicted octanol–water partition coefficient (Wildman–Crippen LogP) is 5.24. The van der Waals surface area contributed by atoms with Gasteiger partial charge in [-0.05, 0) is 76.1 Å². The van der Waals surface area contributed by atoms with Crippen LogP contribution in [0.1, 0.15) is 58.4 Å². The molecule has 3 N–H and O–H groups in total. The molecule has 0 spiro atoms. The fraction of sp³-hybridized carbons (Fsp3) is 0.400. The number of hydrogen-bond acceptors (Lipinski definition) is 5. The molecule has 2 aliphatic rings. The average Bonchev–Trinajstić information content (AvgIpc) is 3.56. The molecule has 198 valence electrons. The number of rotatable bonds is 5. The summed E-state index contributed by atoms with van der Waals surface area (Å²) in [6.07, 6.45) is 8.17. The zero-order valence-corrected chi connectivity index (χ0v) is 22.6. The molecular weight excluding hydrogens is 476 g/mol. The van der Waals surface area contributed by atoms with Gasteiger partial charge in [0.15, 0.2) is 0 Å². The van der Waals surface area contributed by atoms with Gasteiger partial charge in [-0.1, -0.05) is 18.2 Å². The molecule has 3 heterocycles. The highest BCUT2D eigenvalue weighted by Crippen LogP contribution is 2.44. The van der Waals surface area contributed by atoms with Crippen LogP contribution in [0.15, 0.2) is 42.2 Å². The molecule has 38 heavy (non-hydrogen) atoms. The molecule has 1 aliphatic carbocycles. The molecule has 0 bridgehead atoms. The molecule has 3 aromatic rings. The predicted molar refractivity (Wildman–Crippen MR) is 152 cm³/mol. The van der Waals surface area contributed by atoms with Crippen molar-refractivity contribution < 1.29 is 11.0 Å². The van der Waals surface area contributed by atoms with Crippen LogP contribution in [0.4, 0.5) is 11.5 Å². The first-order valence-corrected chi connectivity index (χ1v) is 13.3. The van der Waals surface area contributed by atoms with E-state index in [0.717, 1.165) is 77.8 Å². The molecule has 1 saturated heterocycles. The van der Waals surface area contributed by atoms with Crippen molar-refractivity contribution in [2.24, 2.45) is 13.0 Å². The smallest absolute Gasteiger partial charge is 0.250 e. The van der Waals surface area contributed by atoms with Gasteiger partial charge in [-0.2, -0.15) is 0 Å². The monoisotopic (exact) mass is 513 g/mol. The zero-order chi connectivity index (χ0) is 27.8. The van der Waals surface area contributed by atoms with E-state index >= 15 is 0 Å². The van der Waals surface area contributed by atoms with Crippen LogP contribution in [-0.4, -0.2) is 44.3 Å². The van der Waals surface area contributed by atoms with Gasteiger partial charge in [0.1, 0.15) is 17.8 Å². The topological polar surface area (TPSA) is 106 Å². The van der Waals surface area contributed by atoms with Gasteiger partial charge in [-0.15, -0.1) is 0 Å². The lowest BCUT2D eigenvalue weighted by Gasteiger charge is -2.26. The second-order valence-corrected chi connectivity index (χ2v) is 10.3. The number of nitrogen functional groups attached to an aromatic ring is 1. The molecule has 1 atom stereocenters. The van der Waals surface area contributed by atoms with Gasteiger partial charge in [-0.3, -0.25) is 9.59 Å². The number of aryl methyl sites for hydroxylation is 2. The number of anilines is 2. The van der Waals surface area contributed by atoms with Crippen LogP contribution in [-0.2, 0) is 16.6 Å². The second kappa shape index (κ2) is 10.4. The van der Waals surface area contributed by atoms with Gasteiger partial charge in [0, 0.05) is 48.4 Å². The Morgan fingerprint density at radius 3 is 2.66 bits per heavy atom. The molecule has 1 fully saturated rings. The normalized spacial score (nSPS) is 18.7. The van der Waals surface area contributed by atoms with Crippen molar-refractivity contribution in [2.75, 3.05) is 24.1 Å². The molecular formula is C30H36N6O2. The molecule has 1 aromatic carbocycles. The second-order valence-electron chi connectivity index (χ2n) is 10.3. The van der Waals surface area contributed by atoms with Gasteiger partial charge >= 0.3 is 0 Å². The van der Waals surface area contributed by atoms with Gasteiger partial charge in [-0.25, -0.2) is 9.97 Å². The number of allylic oxidation sites excluding steroid dienone is 3. The summed E-state index contributed by atoms with van der Waals surface area (Å²) < 4.78 is 9.79. The summed E-state index contributed by atoms with van der Waals surface area (Å²) in [6, 6.07) is 6.06. The maximum absolute atomic E-state index is 13.0. The highest BCUT2D eigenvalue weighted by atomic mass is 16.2. The Morgan fingerprint density at radius 1 is 1.24 bits per heavy atom. The van der Waals surface area contributed by atoms with Crippen molar-refractivity contribution in [3.63, 3.8) is 0 Å². The number of fused-ring (bicyclic) bond motifs is 1. The van der Waals surface area contributed by atoms with Crippen LogP contribution in [0.2, 0.25) is 0 Å². The van der Waals surface area contributed by atoms with Crippen LogP contribution in [0.25, 0.3) is 27.9 Å². The Labute approximate surface area is 225 Å². The van der Waals surface area contributed by atoms with E-state index in [1.165, 1.54) is 6.33 Å². The van der Waals surface area contributed by atoms with E-state index < -0.39 is 0 Å². The summed E-state index contributed by atoms with van der Waals surface area (Å²) >= 11 is 0. The molecule has 0 radical (unpaired) electrons. The zero-order valence-electron chi connectivity index (χ0n) is 23.6. The molecule has 0 saturated carbocycles. The van der Waals surface area contributed by atoms with Gasteiger partial charge in [0.2, 0.25) is 5.91 Å². The van der Waals surface area contributed by atoms with Crippen molar-refractivity contribution in [3.05, 3.63) is 53.4 Å². The van der Waals surface area contributed by atoms with Crippen LogP contribution >= 0.6 is 0 Å². The lowest BCUT2D eigenvalue weighted by Crippen LogP contribution is -2.34. The number of aromatic nitrogens is 3. The maximum atomic E-state index is 13.0. The minimum Gasteiger partial charge on any atom is -0.383 e. The lowest BCUT2D eigenvalue weighted by molar-refractivity contribution is -0.134. The Balaban J connectivity index is 1.54. The van der Waals surface area contributed by atoms with Crippen molar-refractivity contribution in [1.29, 1.82) is 0 Å². The first-order valence-electron chi connectivity index (χ1n) is 13.8. The molecule has 2 aromatic heterocycles. The van der Waals surface area contributed by atoms with Crippen molar-refractivity contribution in [3.8, 4) is 11.3 Å². The Kier molecular flexibility index (Phi) is 6.70. The summed E-state index contributed by atoms with van der Waals surface area (Å²) in [4.78, 5) is 36.4. The van der Waals surface area contributed by atoms with E-state index in [9.17, 15) is 9.59 Å². The van der Waals surface area contributed by atoms with Crippen LogP contribution < -0.4 is 11.1 Å². The number of carbonyl (C=O) groups excluding carboxylic acids is 2. The fourth-order valence-electron chi connectivity index (χ4n) is 5.73. The highest BCUT2D eigenvalue weighted by molar-refractivity contribution is 6.05. The van der Waals surface area contributed by atoms with Gasteiger partial charge in [0.25, 0.3) is 5.91 Å². The van der Waals surface area contributed by atoms with Crippen LogP contribution in [0.3, 0.4) is 0 Å². The van der Waals surface area contributed by atoms with E-state index in [-0.39, 0.29) is 23.8 Å². The Hall–Kier alpha value is -3.94. The van der Waals surface area contributed by atoms with Gasteiger partial charge in [0.05, 0.1) is 12.5 Å². The lowest BCUT2D eigenvalue weighted by atomic mass is 9.84. The Bertz CT molecular complexity index is 1530. The van der Waals surface area contributed by atoms with Gasteiger partial charge < -0.3 is 20.5 Å². The van der Waals surface area contributed by atoms with E-state index in [1.807, 2.05) is 37.1 Å². The first kappa shape index (κ1) is 24.4. The summed E-state index contributed by atoms with van der Waals surface area (Å²) in [6.45, 7) is 7.01. The molecule has 2 amide bonds. The summed E-state index contributed by atoms with van der Waals surface area (Å²) in [5, 5.41) is 3.72. The third-order valence-electron chi connectivity index (χ3n) is 7.95. The summed E-state index contributed by atoms with van der Waals surface area (Å²) in [7, 11) is 1.98. The first-order chi connectivity index (χ1) is 18.7. The number of nitrogens with zero attached hydrogens (tertiary/aromatic N) is 4. The highest BCUT2D eigenvalue weighted by Gasteiger charge is 2.31. The molecule has 8 nitrogen and oxygen atoms in total. The molecule has 1 aliphatic heterocycles. The number of amides is 2. The van der Waals surface area contributed by atoms with Crippen molar-refractivity contribution in [2.45, 2.75) is 52.9 Å². The summed E-state index contributed by atoms with van der Waals surface area (Å²) in [5.41, 5.74) is 13.4. The number of nitrogens with one attached hydrogen (secondary N) is 1. The molecule has 0 unspecified atom stereocenters. The SMILES string of the molecule is [2H]/C(C)=C(/C)C(=O)Nc1ccc(-c2c(C3=CC[C@H](C(=O)N4CCCC4)CC3)c3c(N)ncnc3n2C)c(C)c1. The number of hydrogen-bond donors (Lipinski definition) is 2. The van der Waals surface area contributed by atoms with Crippen molar-refractivity contribution in [1.82, 2.24) is 19.4 Å². The number of likely N-dealkylation sites (tertiary alicyclic amines) is 1. The average molecular weight is 514 g/mol. The molecule has 5 rings (SSSR count). The summed E-state index contributed by atoms with van der Waals surface area (Å²) in [5.74, 6) is 0.451. The van der Waals surface area contributed by atoms with E-state index in [4.69, 9.17) is 7.10 Å². The van der Waals surface area contributed by atoms with E-state index in [1.54, 1.807) is 13.8 Å². The van der Waals surface area contributed by atoms with Crippen LogP contribution in [0.5, 0.6) is 0 Å². The molecule has 8 heteroatoms. The van der Waals surface area contributed by atoms with E-state index in [2.05, 4.69) is 25.9 Å². The third-order valence-corrected chi connectivity index (χ3v) is 7.95. The number of nitrogens with two attached hydrogens (primary N) is 1. The fourth-order valence-corrected chi connectivity index (χ4v) is 5.73. The van der Waals surface area contributed by atoms with Crippen molar-refractivity contribution >= 4 is 39.9 Å². The third kappa shape index (κ3) is 4.59. The van der Waals surface area contributed by atoms with E-state index in [0.29, 0.717) is 23.5 Å². The quantitative estimate of drug-likeness (QED) is 0.454. The number of carbonyl (C=O) groups is 2. The Morgan fingerprint density at radius 2 is 2.00 bits per heavy atom. The minimum atomic E-state index is -0.284. The standard InChI is InChI=1S/C30H36N6O2/c1-5-18(2)29(37)34-22-12-13-23(19(3)16-22)26-24(25-27(31)32-17-33-28(25)35(26)4)20-8-10-21(11-9-20)30(38)36-14-6-7-15-36/h5,8,12-13,16-17,21H,6-7,9-11,14-15H2,1-4H3,(H,34,37)(H2,31,32,33)/b18-5+/t21-/m0/s1/i5D. The largest absolute Gasteiger partial charge is 0.383 e. The number of benzene rings is 1. The maximum Gasteiger partial charge on any atom is 0.250 e. The minimum absolute atomic E-state index is 0.0216.